The van der Waals surface area contributed by atoms with Crippen molar-refractivity contribution in [2.75, 3.05) is 5.32 Å². The van der Waals surface area contributed by atoms with Gasteiger partial charge in [-0.2, -0.15) is 5.10 Å². The van der Waals surface area contributed by atoms with Crippen LogP contribution in [0.4, 0.5) is 5.69 Å². The minimum absolute atomic E-state index is 0.231. The summed E-state index contributed by atoms with van der Waals surface area (Å²) in [6.45, 7) is 6.54. The van der Waals surface area contributed by atoms with E-state index in [0.29, 0.717) is 18.0 Å². The molecule has 0 aliphatic carbocycles. The molecule has 0 fully saturated rings. The van der Waals surface area contributed by atoms with Crippen molar-refractivity contribution >= 4 is 11.6 Å². The monoisotopic (exact) mass is 386 g/mol. The van der Waals surface area contributed by atoms with Crippen LogP contribution in [0, 0.1) is 20.8 Å². The van der Waals surface area contributed by atoms with Crippen LogP contribution in [-0.2, 0) is 6.54 Å². The third kappa shape index (κ3) is 3.96. The van der Waals surface area contributed by atoms with Crippen molar-refractivity contribution in [3.63, 3.8) is 0 Å². The topological polar surface area (TPSA) is 73.0 Å². The lowest BCUT2D eigenvalue weighted by molar-refractivity contribution is 0.101. The molecule has 29 heavy (non-hydrogen) atoms. The zero-order valence-corrected chi connectivity index (χ0v) is 16.6. The first-order valence-electron chi connectivity index (χ1n) is 9.44. The Bertz CT molecular complexity index is 1160. The molecular weight excluding hydrogens is 364 g/mol. The lowest BCUT2D eigenvalue weighted by Crippen LogP contribution is -2.13. The van der Waals surface area contributed by atoms with Crippen molar-refractivity contribution in [2.24, 2.45) is 0 Å². The summed E-state index contributed by atoms with van der Waals surface area (Å²) < 4.78 is 7.23. The zero-order valence-electron chi connectivity index (χ0n) is 16.6. The molecule has 0 spiro atoms. The number of carbonyl (C=O) groups excluding carboxylic acids is 1. The number of hydrogen-bond acceptors (Lipinski definition) is 4. The van der Waals surface area contributed by atoms with Gasteiger partial charge in [-0.25, -0.2) is 0 Å². The highest BCUT2D eigenvalue weighted by molar-refractivity contribution is 6.03. The molecule has 6 nitrogen and oxygen atoms in total. The molecule has 1 N–H and O–H groups in total. The van der Waals surface area contributed by atoms with Gasteiger partial charge in [-0.05, 0) is 26.3 Å². The minimum Gasteiger partial charge on any atom is -0.355 e. The molecule has 0 unspecified atom stereocenters. The number of carbonyl (C=O) groups is 1. The Morgan fingerprint density at radius 3 is 2.59 bits per heavy atom. The van der Waals surface area contributed by atoms with E-state index in [2.05, 4.69) is 40.7 Å². The van der Waals surface area contributed by atoms with Crippen molar-refractivity contribution in [3.8, 4) is 11.3 Å². The van der Waals surface area contributed by atoms with Gasteiger partial charge in [0.25, 0.3) is 5.91 Å². The van der Waals surface area contributed by atoms with Crippen molar-refractivity contribution in [2.45, 2.75) is 27.3 Å². The Morgan fingerprint density at radius 2 is 1.83 bits per heavy atom. The van der Waals surface area contributed by atoms with E-state index in [1.165, 1.54) is 5.56 Å². The van der Waals surface area contributed by atoms with E-state index in [1.807, 2.05) is 54.9 Å². The predicted octanol–water partition coefficient (Wildman–Crippen LogP) is 4.76. The smallest absolute Gasteiger partial charge is 0.277 e. The van der Waals surface area contributed by atoms with Crippen LogP contribution < -0.4 is 5.32 Å². The number of benzene rings is 2. The number of rotatable bonds is 5. The Labute approximate surface area is 169 Å². The zero-order chi connectivity index (χ0) is 20.4. The van der Waals surface area contributed by atoms with Crippen LogP contribution in [0.3, 0.4) is 0 Å². The van der Waals surface area contributed by atoms with Crippen molar-refractivity contribution in [1.29, 1.82) is 0 Å². The second-order valence-electron chi connectivity index (χ2n) is 7.09. The highest BCUT2D eigenvalue weighted by atomic mass is 16.5. The maximum atomic E-state index is 12.7. The molecule has 0 saturated heterocycles. The summed E-state index contributed by atoms with van der Waals surface area (Å²) in [6, 6.07) is 19.5. The van der Waals surface area contributed by atoms with E-state index >= 15 is 0 Å². The van der Waals surface area contributed by atoms with Crippen LogP contribution >= 0.6 is 0 Å². The normalized spacial score (nSPS) is 10.9. The molecule has 0 aliphatic rings. The van der Waals surface area contributed by atoms with E-state index in [4.69, 9.17) is 4.52 Å². The van der Waals surface area contributed by atoms with Gasteiger partial charge < -0.3 is 9.84 Å². The number of aryl methyl sites for hydroxylation is 2. The fraction of sp³-hybridized carbons (Fsp3) is 0.174. The third-order valence-electron chi connectivity index (χ3n) is 4.84. The molecule has 0 radical (unpaired) electrons. The summed E-state index contributed by atoms with van der Waals surface area (Å²) in [5.74, 6) is 0.233. The first-order valence-corrected chi connectivity index (χ1v) is 9.44. The van der Waals surface area contributed by atoms with Crippen molar-refractivity contribution < 1.29 is 9.32 Å². The van der Waals surface area contributed by atoms with E-state index in [-0.39, 0.29) is 11.6 Å². The Kier molecular flexibility index (Phi) is 4.99. The number of aromatic nitrogens is 3. The van der Waals surface area contributed by atoms with Gasteiger partial charge in [-0.15, -0.1) is 0 Å². The number of anilines is 1. The molecule has 4 aromatic rings. The summed E-state index contributed by atoms with van der Waals surface area (Å²) in [7, 11) is 0. The lowest BCUT2D eigenvalue weighted by atomic mass is 10.1. The summed E-state index contributed by atoms with van der Waals surface area (Å²) in [6.07, 6.45) is 0. The van der Waals surface area contributed by atoms with Gasteiger partial charge in [0.05, 0.1) is 23.6 Å². The number of nitrogens with zero attached hydrogens (tertiary/aromatic N) is 3. The third-order valence-corrected chi connectivity index (χ3v) is 4.84. The number of hydrogen-bond donors (Lipinski definition) is 1. The van der Waals surface area contributed by atoms with Crippen LogP contribution in [-0.4, -0.2) is 20.8 Å². The molecule has 0 aliphatic heterocycles. The van der Waals surface area contributed by atoms with E-state index < -0.39 is 0 Å². The predicted molar refractivity (Wildman–Crippen MR) is 112 cm³/mol. The summed E-state index contributed by atoms with van der Waals surface area (Å²) >= 11 is 0. The van der Waals surface area contributed by atoms with Gasteiger partial charge in [-0.3, -0.25) is 9.48 Å². The highest BCUT2D eigenvalue weighted by Gasteiger charge is 2.18. The van der Waals surface area contributed by atoms with Gasteiger partial charge in [0.2, 0.25) is 0 Å². The molecule has 2 aromatic carbocycles. The quantitative estimate of drug-likeness (QED) is 0.536. The second-order valence-corrected chi connectivity index (χ2v) is 7.09. The van der Waals surface area contributed by atoms with Crippen LogP contribution in [0.5, 0.6) is 0 Å². The SMILES string of the molecule is Cc1cccc(Cn2nc(C)c(NC(=O)c3cc(-c4ccccc4)on3)c2C)c1. The largest absolute Gasteiger partial charge is 0.355 e. The number of nitrogens with one attached hydrogen (secondary N) is 1. The number of amides is 1. The molecule has 146 valence electrons. The minimum atomic E-state index is -0.322. The van der Waals surface area contributed by atoms with Gasteiger partial charge in [0.1, 0.15) is 0 Å². The molecule has 6 heteroatoms. The van der Waals surface area contributed by atoms with Crippen molar-refractivity contribution in [1.82, 2.24) is 14.9 Å². The second kappa shape index (κ2) is 7.75. The van der Waals surface area contributed by atoms with Gasteiger partial charge in [0.15, 0.2) is 11.5 Å². The maximum Gasteiger partial charge on any atom is 0.277 e. The average Bonchev–Trinajstić information content (AvgIpc) is 3.30. The van der Waals surface area contributed by atoms with E-state index in [0.717, 1.165) is 22.5 Å². The van der Waals surface area contributed by atoms with Crippen LogP contribution in [0.1, 0.15) is 33.0 Å². The fourth-order valence-corrected chi connectivity index (χ4v) is 3.31. The molecular formula is C23H22N4O2. The Morgan fingerprint density at radius 1 is 1.03 bits per heavy atom. The molecule has 4 rings (SSSR count). The van der Waals surface area contributed by atoms with E-state index in [1.54, 1.807) is 6.07 Å². The van der Waals surface area contributed by atoms with Crippen LogP contribution in [0.15, 0.2) is 65.2 Å². The molecule has 2 aromatic heterocycles. The molecule has 2 heterocycles. The van der Waals surface area contributed by atoms with E-state index in [9.17, 15) is 4.79 Å². The highest BCUT2D eigenvalue weighted by Crippen LogP contribution is 2.23. The lowest BCUT2D eigenvalue weighted by Gasteiger charge is -2.07. The molecule has 1 amide bonds. The first-order chi connectivity index (χ1) is 14.0. The fourth-order valence-electron chi connectivity index (χ4n) is 3.31. The standard InChI is InChI=1S/C23H22N4O2/c1-15-8-7-9-18(12-15)14-27-17(3)22(16(2)25-27)24-23(28)20-13-21(29-26-20)19-10-5-4-6-11-19/h4-13H,14H2,1-3H3,(H,24,28). The molecule has 0 saturated carbocycles. The maximum absolute atomic E-state index is 12.7. The summed E-state index contributed by atoms with van der Waals surface area (Å²) in [5.41, 5.74) is 5.83. The van der Waals surface area contributed by atoms with Crippen molar-refractivity contribution in [3.05, 3.63) is 88.9 Å². The Balaban J connectivity index is 1.53. The summed E-state index contributed by atoms with van der Waals surface area (Å²) in [4.78, 5) is 12.7. The molecule has 0 bridgehead atoms. The molecule has 0 atom stereocenters. The van der Waals surface area contributed by atoms with Gasteiger partial charge in [-0.1, -0.05) is 65.3 Å². The van der Waals surface area contributed by atoms with Gasteiger partial charge in [0, 0.05) is 11.6 Å². The van der Waals surface area contributed by atoms with Gasteiger partial charge >= 0.3 is 0 Å². The summed E-state index contributed by atoms with van der Waals surface area (Å²) in [5, 5.41) is 11.4. The average molecular weight is 386 g/mol. The van der Waals surface area contributed by atoms with Crippen LogP contribution in [0.25, 0.3) is 11.3 Å². The first kappa shape index (κ1) is 18.7. The van der Waals surface area contributed by atoms with Crippen LogP contribution in [0.2, 0.25) is 0 Å². The Hall–Kier alpha value is -3.67.